The molecule has 0 bridgehead atoms. The Hall–Kier alpha value is -3.43. The second-order valence-electron chi connectivity index (χ2n) is 7.48. The molecule has 1 aliphatic heterocycles. The van der Waals surface area contributed by atoms with Crippen LogP contribution in [0.3, 0.4) is 0 Å². The molecule has 1 aliphatic rings. The number of halogens is 1. The molecule has 10 heteroatoms. The fourth-order valence-corrected chi connectivity index (χ4v) is 5.59. The smallest absolute Gasteiger partial charge is 0.338 e. The van der Waals surface area contributed by atoms with E-state index in [-0.39, 0.29) is 27.3 Å². The molecule has 1 N–H and O–H groups in total. The Morgan fingerprint density at radius 3 is 2.73 bits per heavy atom. The van der Waals surface area contributed by atoms with Crippen LogP contribution < -0.4 is 9.62 Å². The van der Waals surface area contributed by atoms with E-state index < -0.39 is 28.5 Å². The van der Waals surface area contributed by atoms with E-state index in [0.29, 0.717) is 12.1 Å². The maximum absolute atomic E-state index is 13.4. The molecule has 0 spiro atoms. The number of aromatic nitrogens is 1. The predicted molar refractivity (Wildman–Crippen MR) is 124 cm³/mol. The van der Waals surface area contributed by atoms with Crippen LogP contribution in [0.15, 0.2) is 71.8 Å². The van der Waals surface area contributed by atoms with Crippen molar-refractivity contribution in [2.45, 2.75) is 24.3 Å². The number of sulfonamides is 1. The third kappa shape index (κ3) is 4.69. The van der Waals surface area contributed by atoms with Crippen molar-refractivity contribution in [3.05, 3.63) is 83.1 Å². The lowest BCUT2D eigenvalue weighted by Gasteiger charge is -2.24. The number of benzene rings is 2. The van der Waals surface area contributed by atoms with Gasteiger partial charge in [0.05, 0.1) is 21.8 Å². The molecule has 1 unspecified atom stereocenters. The van der Waals surface area contributed by atoms with Crippen LogP contribution in [0.1, 0.15) is 22.8 Å². The summed E-state index contributed by atoms with van der Waals surface area (Å²) in [6.45, 7) is 1.26. The number of carbonyl (C=O) groups excluding carboxylic acids is 2. The van der Waals surface area contributed by atoms with Gasteiger partial charge in [-0.05, 0) is 55.3 Å². The number of ether oxygens (including phenoxy) is 1. The topological polar surface area (TPSA) is 106 Å². The van der Waals surface area contributed by atoms with Gasteiger partial charge in [0.25, 0.3) is 15.9 Å². The number of fused-ring (bicyclic) bond motifs is 1. The third-order valence-electron chi connectivity index (χ3n) is 5.14. The van der Waals surface area contributed by atoms with Crippen molar-refractivity contribution in [3.8, 4) is 0 Å². The molecule has 2 heterocycles. The number of amides is 1. The lowest BCUT2D eigenvalue weighted by atomic mass is 10.1. The minimum Gasteiger partial charge on any atom is -0.452 e. The van der Waals surface area contributed by atoms with E-state index in [9.17, 15) is 18.0 Å². The van der Waals surface area contributed by atoms with Gasteiger partial charge in [0.2, 0.25) is 0 Å². The number of pyridine rings is 1. The molecular formula is C23H20ClN3O5S. The molecular weight excluding hydrogens is 466 g/mol. The van der Waals surface area contributed by atoms with Gasteiger partial charge in [-0.2, -0.15) is 0 Å². The average Bonchev–Trinajstić information content (AvgIpc) is 3.15. The Balaban J connectivity index is 1.48. The standard InChI is InChI=1S/C23H20ClN3O5S/c1-15-12-16-6-2-3-10-20(16)27(15)33(30,31)18-8-4-7-17(13-18)23(29)32-14-21(28)26-19-9-5-11-25-22(19)24/h2-11,13,15H,12,14H2,1H3,(H,26,28). The molecule has 1 atom stereocenters. The summed E-state index contributed by atoms with van der Waals surface area (Å²) in [5.74, 6) is -1.43. The Kier molecular flexibility index (Phi) is 6.35. The molecule has 3 aromatic rings. The second kappa shape index (κ2) is 9.21. The number of carbonyl (C=O) groups is 2. The van der Waals surface area contributed by atoms with E-state index >= 15 is 0 Å². The number of esters is 1. The van der Waals surface area contributed by atoms with Gasteiger partial charge in [0.15, 0.2) is 11.8 Å². The van der Waals surface area contributed by atoms with Gasteiger partial charge in [0, 0.05) is 12.2 Å². The predicted octanol–water partition coefficient (Wildman–Crippen LogP) is 3.67. The fourth-order valence-electron chi connectivity index (χ4n) is 3.68. The summed E-state index contributed by atoms with van der Waals surface area (Å²) in [4.78, 5) is 28.4. The number of anilines is 2. The van der Waals surface area contributed by atoms with Crippen LogP contribution in [-0.2, 0) is 26.0 Å². The summed E-state index contributed by atoms with van der Waals surface area (Å²) >= 11 is 5.89. The van der Waals surface area contributed by atoms with Gasteiger partial charge in [0.1, 0.15) is 0 Å². The van der Waals surface area contributed by atoms with Gasteiger partial charge in [-0.1, -0.05) is 35.9 Å². The average molecular weight is 486 g/mol. The molecule has 8 nitrogen and oxygen atoms in total. The van der Waals surface area contributed by atoms with Crippen LogP contribution in [0.2, 0.25) is 5.15 Å². The fraction of sp³-hybridized carbons (Fsp3) is 0.174. The Morgan fingerprint density at radius 1 is 1.15 bits per heavy atom. The SMILES string of the molecule is CC1Cc2ccccc2N1S(=O)(=O)c1cccc(C(=O)OCC(=O)Nc2cccnc2Cl)c1. The van der Waals surface area contributed by atoms with Gasteiger partial charge in [-0.15, -0.1) is 0 Å². The Labute approximate surface area is 196 Å². The van der Waals surface area contributed by atoms with E-state index in [1.165, 1.54) is 34.8 Å². The van der Waals surface area contributed by atoms with Crippen molar-refractivity contribution in [1.82, 2.24) is 4.98 Å². The number of para-hydroxylation sites is 1. The Bertz CT molecular complexity index is 1330. The molecule has 4 rings (SSSR count). The minimum atomic E-state index is -3.91. The highest BCUT2D eigenvalue weighted by Crippen LogP contribution is 2.36. The maximum Gasteiger partial charge on any atom is 0.338 e. The monoisotopic (exact) mass is 485 g/mol. The normalized spacial score (nSPS) is 15.1. The number of nitrogens with zero attached hydrogens (tertiary/aromatic N) is 2. The molecule has 0 saturated heterocycles. The zero-order valence-corrected chi connectivity index (χ0v) is 19.1. The molecule has 2 aromatic carbocycles. The zero-order valence-electron chi connectivity index (χ0n) is 17.6. The third-order valence-corrected chi connectivity index (χ3v) is 7.36. The van der Waals surface area contributed by atoms with E-state index in [2.05, 4.69) is 10.3 Å². The summed E-state index contributed by atoms with van der Waals surface area (Å²) in [7, 11) is -3.91. The highest BCUT2D eigenvalue weighted by molar-refractivity contribution is 7.92. The molecule has 0 fully saturated rings. The minimum absolute atomic E-state index is 0.0171. The molecule has 1 amide bonds. The van der Waals surface area contributed by atoms with Crippen molar-refractivity contribution < 1.29 is 22.7 Å². The highest BCUT2D eigenvalue weighted by Gasteiger charge is 2.36. The number of hydrogen-bond donors (Lipinski definition) is 1. The van der Waals surface area contributed by atoms with Crippen LogP contribution in [0.5, 0.6) is 0 Å². The molecule has 170 valence electrons. The molecule has 0 aliphatic carbocycles. The van der Waals surface area contributed by atoms with Gasteiger partial charge < -0.3 is 10.1 Å². The summed E-state index contributed by atoms with van der Waals surface area (Å²) < 4.78 is 33.2. The van der Waals surface area contributed by atoms with Crippen molar-refractivity contribution >= 4 is 44.9 Å². The van der Waals surface area contributed by atoms with E-state index in [1.807, 2.05) is 19.1 Å². The lowest BCUT2D eigenvalue weighted by molar-refractivity contribution is -0.119. The zero-order chi connectivity index (χ0) is 23.6. The quantitative estimate of drug-likeness (QED) is 0.422. The first kappa shape index (κ1) is 22.8. The Morgan fingerprint density at radius 2 is 1.94 bits per heavy atom. The first-order chi connectivity index (χ1) is 15.8. The van der Waals surface area contributed by atoms with Crippen molar-refractivity contribution in [1.29, 1.82) is 0 Å². The van der Waals surface area contributed by atoms with Crippen molar-refractivity contribution in [2.24, 2.45) is 0 Å². The van der Waals surface area contributed by atoms with Gasteiger partial charge in [-0.3, -0.25) is 9.10 Å². The number of rotatable bonds is 6. The van der Waals surface area contributed by atoms with Crippen LogP contribution in [0, 0.1) is 0 Å². The van der Waals surface area contributed by atoms with E-state index in [4.69, 9.17) is 16.3 Å². The molecule has 0 radical (unpaired) electrons. The molecule has 33 heavy (non-hydrogen) atoms. The van der Waals surface area contributed by atoms with Crippen molar-refractivity contribution in [2.75, 3.05) is 16.2 Å². The van der Waals surface area contributed by atoms with Crippen molar-refractivity contribution in [3.63, 3.8) is 0 Å². The highest BCUT2D eigenvalue weighted by atomic mass is 35.5. The summed E-state index contributed by atoms with van der Waals surface area (Å²) in [6.07, 6.45) is 2.08. The second-order valence-corrected chi connectivity index (χ2v) is 9.65. The van der Waals surface area contributed by atoms with Crippen LogP contribution >= 0.6 is 11.6 Å². The number of nitrogens with one attached hydrogen (secondary N) is 1. The largest absolute Gasteiger partial charge is 0.452 e. The lowest BCUT2D eigenvalue weighted by Crippen LogP contribution is -2.35. The first-order valence-electron chi connectivity index (χ1n) is 10.1. The van der Waals surface area contributed by atoms with E-state index in [1.54, 1.807) is 24.3 Å². The van der Waals surface area contributed by atoms with Crippen LogP contribution in [-0.4, -0.2) is 37.9 Å². The summed E-state index contributed by atoms with van der Waals surface area (Å²) in [5, 5.41) is 2.60. The van der Waals surface area contributed by atoms with Gasteiger partial charge in [-0.25, -0.2) is 18.2 Å². The maximum atomic E-state index is 13.4. The van der Waals surface area contributed by atoms with Crippen LogP contribution in [0.25, 0.3) is 0 Å². The molecule has 1 aromatic heterocycles. The summed E-state index contributed by atoms with van der Waals surface area (Å²) in [6, 6.07) is 15.8. The number of hydrogen-bond acceptors (Lipinski definition) is 6. The van der Waals surface area contributed by atoms with Gasteiger partial charge >= 0.3 is 5.97 Å². The first-order valence-corrected chi connectivity index (χ1v) is 11.9. The van der Waals surface area contributed by atoms with Crippen LogP contribution in [0.4, 0.5) is 11.4 Å². The summed E-state index contributed by atoms with van der Waals surface area (Å²) in [5.41, 5.74) is 1.88. The van der Waals surface area contributed by atoms with E-state index in [0.717, 1.165) is 5.56 Å². The molecule has 0 saturated carbocycles.